The number of halogens is 1. The summed E-state index contributed by atoms with van der Waals surface area (Å²) in [4.78, 5) is 17.6. The van der Waals surface area contributed by atoms with Crippen LogP contribution >= 0.6 is 22.9 Å². The van der Waals surface area contributed by atoms with E-state index in [0.29, 0.717) is 17.1 Å². The Morgan fingerprint density at radius 3 is 2.93 bits per heavy atom. The van der Waals surface area contributed by atoms with E-state index < -0.39 is 5.97 Å². The van der Waals surface area contributed by atoms with Gasteiger partial charge >= 0.3 is 5.97 Å². The minimum absolute atomic E-state index is 0.0974. The average Bonchev–Trinajstić information content (AvgIpc) is 2.90. The lowest BCUT2D eigenvalue weighted by atomic mass is 10.4. The third kappa shape index (κ3) is 3.15. The molecule has 1 aliphatic rings. The van der Waals surface area contributed by atoms with Crippen LogP contribution in [0.2, 0.25) is 4.47 Å². The third-order valence-corrected chi connectivity index (χ3v) is 3.39. The first kappa shape index (κ1) is 10.9. The Labute approximate surface area is 96.5 Å². The van der Waals surface area contributed by atoms with E-state index in [1.54, 1.807) is 6.20 Å². The molecule has 0 radical (unpaired) electrons. The summed E-state index contributed by atoms with van der Waals surface area (Å²) in [5.41, 5.74) is 0. The zero-order valence-corrected chi connectivity index (χ0v) is 9.59. The van der Waals surface area contributed by atoms with Crippen LogP contribution in [0.15, 0.2) is 6.20 Å². The first-order valence-electron chi connectivity index (χ1n) is 4.71. The largest absolute Gasteiger partial charge is 0.480 e. The Morgan fingerprint density at radius 1 is 1.73 bits per heavy atom. The Hall–Kier alpha value is -0.650. The van der Waals surface area contributed by atoms with Gasteiger partial charge in [-0.25, -0.2) is 4.98 Å². The number of carbonyl (C=O) groups is 1. The highest BCUT2D eigenvalue weighted by Gasteiger charge is 2.30. The van der Waals surface area contributed by atoms with E-state index in [2.05, 4.69) is 4.98 Å². The maximum atomic E-state index is 10.7. The fourth-order valence-electron chi connectivity index (χ4n) is 1.48. The minimum Gasteiger partial charge on any atom is -0.480 e. The molecule has 15 heavy (non-hydrogen) atoms. The van der Waals surface area contributed by atoms with Crippen molar-refractivity contribution in [3.05, 3.63) is 15.5 Å². The molecule has 0 bridgehead atoms. The summed E-state index contributed by atoms with van der Waals surface area (Å²) in [6.07, 6.45) is 3.91. The number of carboxylic acid groups (broad SMARTS) is 1. The zero-order valence-electron chi connectivity index (χ0n) is 8.02. The summed E-state index contributed by atoms with van der Waals surface area (Å²) in [5.74, 6) is -0.780. The van der Waals surface area contributed by atoms with Crippen LogP contribution in [0.3, 0.4) is 0 Å². The Morgan fingerprint density at radius 2 is 2.47 bits per heavy atom. The van der Waals surface area contributed by atoms with Crippen molar-refractivity contribution in [2.75, 3.05) is 6.54 Å². The lowest BCUT2D eigenvalue weighted by molar-refractivity contribution is -0.138. The number of thiazole rings is 1. The maximum absolute atomic E-state index is 10.7. The third-order valence-electron chi connectivity index (χ3n) is 2.29. The molecule has 4 nitrogen and oxygen atoms in total. The molecular weight excluding hydrogens is 236 g/mol. The topological polar surface area (TPSA) is 53.4 Å². The van der Waals surface area contributed by atoms with Gasteiger partial charge in [0.25, 0.3) is 0 Å². The monoisotopic (exact) mass is 246 g/mol. The molecule has 0 amide bonds. The van der Waals surface area contributed by atoms with Crippen molar-refractivity contribution in [2.24, 2.45) is 0 Å². The molecule has 1 heterocycles. The molecule has 2 rings (SSSR count). The van der Waals surface area contributed by atoms with Gasteiger partial charge in [-0.2, -0.15) is 0 Å². The second-order valence-electron chi connectivity index (χ2n) is 3.61. The van der Waals surface area contributed by atoms with Crippen molar-refractivity contribution in [2.45, 2.75) is 25.4 Å². The van der Waals surface area contributed by atoms with Crippen LogP contribution in [0.5, 0.6) is 0 Å². The highest BCUT2D eigenvalue weighted by molar-refractivity contribution is 7.15. The SMILES string of the molecule is O=C(O)CN(Cc1cnc(Cl)s1)C1CC1. The molecule has 1 aromatic rings. The smallest absolute Gasteiger partial charge is 0.317 e. The zero-order chi connectivity index (χ0) is 10.8. The van der Waals surface area contributed by atoms with Crippen LogP contribution in [-0.4, -0.2) is 33.5 Å². The van der Waals surface area contributed by atoms with Gasteiger partial charge in [-0.3, -0.25) is 9.69 Å². The van der Waals surface area contributed by atoms with Crippen molar-refractivity contribution in [1.29, 1.82) is 0 Å². The van der Waals surface area contributed by atoms with Crippen molar-refractivity contribution in [3.63, 3.8) is 0 Å². The van der Waals surface area contributed by atoms with Gasteiger partial charge in [0, 0.05) is 23.7 Å². The first-order chi connectivity index (χ1) is 7.15. The number of aliphatic carboxylic acids is 1. The summed E-state index contributed by atoms with van der Waals surface area (Å²) < 4.78 is 0.510. The van der Waals surface area contributed by atoms with Crippen molar-refractivity contribution in [1.82, 2.24) is 9.88 Å². The number of rotatable bonds is 5. The second kappa shape index (κ2) is 4.47. The molecule has 1 fully saturated rings. The van der Waals surface area contributed by atoms with Crippen LogP contribution in [0.1, 0.15) is 17.7 Å². The molecule has 1 aromatic heterocycles. The van der Waals surface area contributed by atoms with Gasteiger partial charge in [-0.1, -0.05) is 11.6 Å². The first-order valence-corrected chi connectivity index (χ1v) is 5.90. The predicted octanol–water partition coefficient (Wildman–Crippen LogP) is 1.85. The van der Waals surface area contributed by atoms with E-state index in [9.17, 15) is 4.79 Å². The number of hydrogen-bond acceptors (Lipinski definition) is 4. The maximum Gasteiger partial charge on any atom is 0.317 e. The molecule has 0 aliphatic heterocycles. The Balaban J connectivity index is 1.96. The minimum atomic E-state index is -0.780. The van der Waals surface area contributed by atoms with Crippen LogP contribution in [0, 0.1) is 0 Å². The van der Waals surface area contributed by atoms with Crippen LogP contribution in [0.25, 0.3) is 0 Å². The predicted molar refractivity (Wildman–Crippen MR) is 58.2 cm³/mol. The van der Waals surface area contributed by atoms with Gasteiger partial charge in [-0.05, 0) is 12.8 Å². The lowest BCUT2D eigenvalue weighted by Gasteiger charge is -2.17. The summed E-state index contributed by atoms with van der Waals surface area (Å²) in [5, 5.41) is 8.76. The molecule has 1 saturated carbocycles. The van der Waals surface area contributed by atoms with E-state index in [-0.39, 0.29) is 6.54 Å². The fourth-order valence-corrected chi connectivity index (χ4v) is 2.49. The van der Waals surface area contributed by atoms with Gasteiger partial charge in [-0.15, -0.1) is 11.3 Å². The van der Waals surface area contributed by atoms with E-state index in [4.69, 9.17) is 16.7 Å². The molecule has 0 aromatic carbocycles. The summed E-state index contributed by atoms with van der Waals surface area (Å²) in [6.45, 7) is 0.738. The molecular formula is C9H11ClN2O2S. The van der Waals surface area contributed by atoms with Gasteiger partial charge in [0.1, 0.15) is 0 Å². The van der Waals surface area contributed by atoms with Gasteiger partial charge < -0.3 is 5.11 Å². The highest BCUT2D eigenvalue weighted by atomic mass is 35.5. The average molecular weight is 247 g/mol. The number of hydrogen-bond donors (Lipinski definition) is 1. The van der Waals surface area contributed by atoms with Gasteiger partial charge in [0.2, 0.25) is 0 Å². The summed E-state index contributed by atoms with van der Waals surface area (Å²) in [7, 11) is 0. The molecule has 0 spiro atoms. The van der Waals surface area contributed by atoms with E-state index in [1.165, 1.54) is 11.3 Å². The standard InChI is InChI=1S/C9H11ClN2O2S/c10-9-11-3-7(15-9)4-12(5-8(13)14)6-1-2-6/h3,6H,1-2,4-5H2,(H,13,14). The second-order valence-corrected chi connectivity index (χ2v) is 5.31. The molecule has 1 aliphatic carbocycles. The van der Waals surface area contributed by atoms with Crippen LogP contribution in [-0.2, 0) is 11.3 Å². The Bertz CT molecular complexity index is 365. The van der Waals surface area contributed by atoms with E-state index in [1.807, 2.05) is 4.90 Å². The molecule has 0 unspecified atom stereocenters. The summed E-state index contributed by atoms with van der Waals surface area (Å²) in [6, 6.07) is 0.432. The van der Waals surface area contributed by atoms with Crippen molar-refractivity contribution >= 4 is 28.9 Å². The number of carboxylic acids is 1. The molecule has 1 N–H and O–H groups in total. The van der Waals surface area contributed by atoms with Crippen molar-refractivity contribution < 1.29 is 9.90 Å². The Kier molecular flexibility index (Phi) is 3.23. The quantitative estimate of drug-likeness (QED) is 0.862. The van der Waals surface area contributed by atoms with E-state index >= 15 is 0 Å². The van der Waals surface area contributed by atoms with Gasteiger partial charge in [0.05, 0.1) is 6.54 Å². The molecule has 0 saturated heterocycles. The summed E-state index contributed by atoms with van der Waals surface area (Å²) >= 11 is 7.13. The van der Waals surface area contributed by atoms with Crippen molar-refractivity contribution in [3.8, 4) is 0 Å². The van der Waals surface area contributed by atoms with Crippen LogP contribution in [0.4, 0.5) is 0 Å². The fraction of sp³-hybridized carbons (Fsp3) is 0.556. The molecule has 0 atom stereocenters. The van der Waals surface area contributed by atoms with Gasteiger partial charge in [0.15, 0.2) is 4.47 Å². The number of nitrogens with zero attached hydrogens (tertiary/aromatic N) is 2. The van der Waals surface area contributed by atoms with Crippen LogP contribution < -0.4 is 0 Å². The normalized spacial score (nSPS) is 15.9. The molecule has 82 valence electrons. The number of aromatic nitrogens is 1. The molecule has 6 heteroatoms. The lowest BCUT2D eigenvalue weighted by Crippen LogP contribution is -2.30. The highest BCUT2D eigenvalue weighted by Crippen LogP contribution is 2.29. The van der Waals surface area contributed by atoms with E-state index in [0.717, 1.165) is 17.7 Å².